The summed E-state index contributed by atoms with van der Waals surface area (Å²) >= 11 is 0. The third-order valence-electron chi connectivity index (χ3n) is 6.13. The molecule has 2 aromatic carbocycles. The van der Waals surface area contributed by atoms with Gasteiger partial charge in [0.2, 0.25) is 11.7 Å². The van der Waals surface area contributed by atoms with Crippen LogP contribution in [0.25, 0.3) is 6.08 Å². The number of hydrogen-bond acceptors (Lipinski definition) is 9. The number of benzene rings is 2. The van der Waals surface area contributed by atoms with Crippen LogP contribution in [0.3, 0.4) is 0 Å². The number of hydrogen-bond donors (Lipinski definition) is 1. The van der Waals surface area contributed by atoms with Crippen LogP contribution in [0.4, 0.5) is 0 Å². The summed E-state index contributed by atoms with van der Waals surface area (Å²) in [4.78, 5) is 40.0. The number of nitrogens with zero attached hydrogens (tertiary/aromatic N) is 1. The van der Waals surface area contributed by atoms with Crippen molar-refractivity contribution in [2.24, 2.45) is 0 Å². The highest BCUT2D eigenvalue weighted by Gasteiger charge is 2.41. The van der Waals surface area contributed by atoms with Crippen LogP contribution in [-0.2, 0) is 14.3 Å². The Balaban J connectivity index is 1.78. The van der Waals surface area contributed by atoms with Crippen molar-refractivity contribution >= 4 is 23.9 Å². The SMILES string of the molecule is COC(=O)[C@@H]1C[C@H](NC(=O)/C=C/c2ccc(OC)c(OC)c2)CN1C(=O)c1cc(OC)c(OC)c(OC)c1. The Labute approximate surface area is 221 Å². The zero-order chi connectivity index (χ0) is 27.8. The van der Waals surface area contributed by atoms with E-state index in [1.807, 2.05) is 0 Å². The number of carbonyl (C=O) groups excluding carboxylic acids is 3. The van der Waals surface area contributed by atoms with E-state index >= 15 is 0 Å². The van der Waals surface area contributed by atoms with E-state index in [2.05, 4.69) is 5.32 Å². The van der Waals surface area contributed by atoms with Gasteiger partial charge in [0.25, 0.3) is 5.91 Å². The normalized spacial score (nSPS) is 16.6. The lowest BCUT2D eigenvalue weighted by molar-refractivity contribution is -0.145. The Morgan fingerprint density at radius 2 is 1.47 bits per heavy atom. The molecule has 204 valence electrons. The van der Waals surface area contributed by atoms with Crippen LogP contribution in [0.1, 0.15) is 22.3 Å². The zero-order valence-electron chi connectivity index (χ0n) is 22.2. The molecule has 0 aliphatic carbocycles. The predicted octanol–water partition coefficient (Wildman–Crippen LogP) is 2.32. The first-order chi connectivity index (χ1) is 18.3. The average molecular weight is 529 g/mol. The Bertz CT molecular complexity index is 1190. The van der Waals surface area contributed by atoms with Crippen LogP contribution in [0, 0.1) is 0 Å². The number of esters is 1. The number of carbonyl (C=O) groups is 3. The molecule has 0 aromatic heterocycles. The van der Waals surface area contributed by atoms with Crippen molar-refractivity contribution in [3.05, 3.63) is 47.5 Å². The summed E-state index contributed by atoms with van der Waals surface area (Å²) in [5, 5.41) is 2.86. The maximum absolute atomic E-state index is 13.5. The van der Waals surface area contributed by atoms with Gasteiger partial charge >= 0.3 is 5.97 Å². The summed E-state index contributed by atoms with van der Waals surface area (Å²) in [6, 6.07) is 6.92. The number of likely N-dealkylation sites (tertiary alicyclic amines) is 1. The maximum Gasteiger partial charge on any atom is 0.328 e. The van der Waals surface area contributed by atoms with Crippen molar-refractivity contribution in [2.45, 2.75) is 18.5 Å². The predicted molar refractivity (Wildman–Crippen MR) is 138 cm³/mol. The van der Waals surface area contributed by atoms with Gasteiger partial charge < -0.3 is 38.6 Å². The number of rotatable bonds is 10. The molecule has 1 fully saturated rings. The van der Waals surface area contributed by atoms with E-state index in [4.69, 9.17) is 28.4 Å². The summed E-state index contributed by atoms with van der Waals surface area (Å²) < 4.78 is 31.4. The van der Waals surface area contributed by atoms with E-state index in [0.717, 1.165) is 5.56 Å². The van der Waals surface area contributed by atoms with Gasteiger partial charge in [0.1, 0.15) is 6.04 Å². The van der Waals surface area contributed by atoms with E-state index in [-0.39, 0.29) is 24.4 Å². The second kappa shape index (κ2) is 12.7. The molecule has 0 saturated carbocycles. The van der Waals surface area contributed by atoms with Gasteiger partial charge in [-0.15, -0.1) is 0 Å². The summed E-state index contributed by atoms with van der Waals surface area (Å²) in [5.41, 5.74) is 0.963. The molecule has 11 nitrogen and oxygen atoms in total. The highest BCUT2D eigenvalue weighted by Crippen LogP contribution is 2.39. The molecular formula is C27H32N2O9. The standard InChI is InChI=1S/C27H32N2O9/c1-33-20-9-7-16(11-21(20)34-2)8-10-24(30)28-18-14-19(27(32)38-6)29(15-18)26(31)17-12-22(35-3)25(37-5)23(13-17)36-4/h7-13,18-19H,14-15H2,1-6H3,(H,28,30)/b10-8+/t18-,19-/m0/s1. The molecule has 11 heteroatoms. The Morgan fingerprint density at radius 3 is 2.03 bits per heavy atom. The molecule has 0 radical (unpaired) electrons. The van der Waals surface area contributed by atoms with Crippen LogP contribution in [0.2, 0.25) is 0 Å². The minimum atomic E-state index is -0.883. The maximum atomic E-state index is 13.5. The lowest BCUT2D eigenvalue weighted by atomic mass is 10.1. The highest BCUT2D eigenvalue weighted by atomic mass is 16.5. The first kappa shape index (κ1) is 28.2. The van der Waals surface area contributed by atoms with E-state index < -0.39 is 24.0 Å². The van der Waals surface area contributed by atoms with Crippen molar-refractivity contribution in [3.63, 3.8) is 0 Å². The van der Waals surface area contributed by atoms with Gasteiger partial charge in [0, 0.05) is 30.6 Å². The molecule has 1 heterocycles. The minimum Gasteiger partial charge on any atom is -0.493 e. The Kier molecular flexibility index (Phi) is 9.42. The van der Waals surface area contributed by atoms with Gasteiger partial charge in [-0.1, -0.05) is 6.07 Å². The van der Waals surface area contributed by atoms with Gasteiger partial charge in [0.15, 0.2) is 23.0 Å². The molecule has 38 heavy (non-hydrogen) atoms. The Hall–Kier alpha value is -4.41. The Morgan fingerprint density at radius 1 is 0.842 bits per heavy atom. The van der Waals surface area contributed by atoms with Crippen molar-refractivity contribution in [1.29, 1.82) is 0 Å². The largest absolute Gasteiger partial charge is 0.493 e. The molecule has 1 aliphatic heterocycles. The lowest BCUT2D eigenvalue weighted by Gasteiger charge is -2.23. The number of nitrogens with one attached hydrogen (secondary N) is 1. The molecule has 1 N–H and O–H groups in total. The van der Waals surface area contributed by atoms with Gasteiger partial charge in [-0.25, -0.2) is 4.79 Å². The van der Waals surface area contributed by atoms with Crippen molar-refractivity contribution in [3.8, 4) is 28.7 Å². The first-order valence-electron chi connectivity index (χ1n) is 11.7. The summed E-state index contributed by atoms with van der Waals surface area (Å²) in [6.07, 6.45) is 3.19. The quantitative estimate of drug-likeness (QED) is 0.366. The summed E-state index contributed by atoms with van der Waals surface area (Å²) in [6.45, 7) is 0.102. The van der Waals surface area contributed by atoms with Crippen LogP contribution in [-0.4, -0.2) is 84.0 Å². The number of methoxy groups -OCH3 is 6. The highest BCUT2D eigenvalue weighted by molar-refractivity contribution is 5.99. The third kappa shape index (κ3) is 6.10. The molecule has 2 aromatic rings. The van der Waals surface area contributed by atoms with Gasteiger partial charge in [0.05, 0.1) is 42.7 Å². The van der Waals surface area contributed by atoms with Crippen LogP contribution in [0.5, 0.6) is 28.7 Å². The smallest absolute Gasteiger partial charge is 0.328 e. The van der Waals surface area contributed by atoms with Gasteiger partial charge in [-0.05, 0) is 35.9 Å². The van der Waals surface area contributed by atoms with Gasteiger partial charge in [-0.3, -0.25) is 9.59 Å². The third-order valence-corrected chi connectivity index (χ3v) is 6.13. The van der Waals surface area contributed by atoms with E-state index in [1.165, 1.54) is 58.7 Å². The molecular weight excluding hydrogens is 496 g/mol. The fourth-order valence-corrected chi connectivity index (χ4v) is 4.27. The van der Waals surface area contributed by atoms with E-state index in [1.54, 1.807) is 31.4 Å². The zero-order valence-corrected chi connectivity index (χ0v) is 22.2. The van der Waals surface area contributed by atoms with Crippen LogP contribution >= 0.6 is 0 Å². The fourth-order valence-electron chi connectivity index (χ4n) is 4.27. The fraction of sp³-hybridized carbons (Fsp3) is 0.370. The van der Waals surface area contributed by atoms with Crippen molar-refractivity contribution in [2.75, 3.05) is 49.2 Å². The molecule has 2 atom stereocenters. The monoisotopic (exact) mass is 528 g/mol. The molecule has 1 aliphatic rings. The molecule has 2 amide bonds. The minimum absolute atomic E-state index is 0.102. The van der Waals surface area contributed by atoms with Crippen molar-refractivity contribution in [1.82, 2.24) is 10.2 Å². The average Bonchev–Trinajstić information content (AvgIpc) is 3.37. The number of amides is 2. The summed E-state index contributed by atoms with van der Waals surface area (Å²) in [5.74, 6) is 0.641. The molecule has 3 rings (SSSR count). The second-order valence-electron chi connectivity index (χ2n) is 8.30. The van der Waals surface area contributed by atoms with Crippen LogP contribution in [0.15, 0.2) is 36.4 Å². The topological polar surface area (TPSA) is 122 Å². The molecule has 0 unspecified atom stereocenters. The summed E-state index contributed by atoms with van der Waals surface area (Å²) in [7, 11) is 8.67. The van der Waals surface area contributed by atoms with E-state index in [9.17, 15) is 14.4 Å². The van der Waals surface area contributed by atoms with E-state index in [0.29, 0.717) is 28.7 Å². The van der Waals surface area contributed by atoms with Gasteiger partial charge in [-0.2, -0.15) is 0 Å². The second-order valence-corrected chi connectivity index (χ2v) is 8.30. The number of ether oxygens (including phenoxy) is 6. The molecule has 0 spiro atoms. The lowest BCUT2D eigenvalue weighted by Crippen LogP contribution is -2.41. The molecule has 0 bridgehead atoms. The van der Waals surface area contributed by atoms with Crippen molar-refractivity contribution < 1.29 is 42.8 Å². The van der Waals surface area contributed by atoms with Crippen LogP contribution < -0.4 is 29.0 Å². The molecule has 1 saturated heterocycles. The first-order valence-corrected chi connectivity index (χ1v) is 11.7.